The van der Waals surface area contributed by atoms with Crippen molar-refractivity contribution in [3.63, 3.8) is 0 Å². The Balaban J connectivity index is 1.70. The quantitative estimate of drug-likeness (QED) is 0.849. The van der Waals surface area contributed by atoms with Gasteiger partial charge in [-0.3, -0.25) is 9.48 Å². The lowest BCUT2D eigenvalue weighted by atomic mass is 10.0. The van der Waals surface area contributed by atoms with Crippen LogP contribution in [0.4, 0.5) is 0 Å². The number of carbonyl (C=O) groups is 1. The summed E-state index contributed by atoms with van der Waals surface area (Å²) in [5.74, 6) is 0.226. The topological polar surface area (TPSA) is 41.4 Å². The predicted octanol–water partition coefficient (Wildman–Crippen LogP) is 1.59. The van der Waals surface area contributed by atoms with Crippen molar-refractivity contribution in [2.75, 3.05) is 20.1 Å². The number of rotatable bonds is 3. The largest absolute Gasteiger partial charge is 0.337 e. The molecule has 1 aromatic rings. The second kappa shape index (κ2) is 5.79. The van der Waals surface area contributed by atoms with Gasteiger partial charge in [0.15, 0.2) is 0 Å². The van der Waals surface area contributed by atoms with E-state index in [0.29, 0.717) is 18.6 Å². The highest BCUT2D eigenvalue weighted by atomic mass is 16.2. The highest BCUT2D eigenvalue weighted by Crippen LogP contribution is 2.29. The number of amides is 1. The normalized spacial score (nSPS) is 26.7. The van der Waals surface area contributed by atoms with Crippen LogP contribution in [0.3, 0.4) is 0 Å². The van der Waals surface area contributed by atoms with Crippen LogP contribution in [0.2, 0.25) is 0 Å². The molecule has 21 heavy (non-hydrogen) atoms. The Morgan fingerprint density at radius 3 is 2.57 bits per heavy atom. The smallest absolute Gasteiger partial charge is 0.244 e. The number of hydrogen-bond acceptors (Lipinski definition) is 3. The highest BCUT2D eigenvalue weighted by molar-refractivity contribution is 5.76. The average Bonchev–Trinajstić information content (AvgIpc) is 3.10. The molecule has 0 bridgehead atoms. The Bertz CT molecular complexity index is 524. The van der Waals surface area contributed by atoms with E-state index < -0.39 is 0 Å². The number of nitrogens with zero attached hydrogens (tertiary/aromatic N) is 4. The van der Waals surface area contributed by atoms with Crippen molar-refractivity contribution in [2.24, 2.45) is 0 Å². The van der Waals surface area contributed by atoms with E-state index in [9.17, 15) is 4.79 Å². The summed E-state index contributed by atoms with van der Waals surface area (Å²) in [6.45, 7) is 6.44. The first-order chi connectivity index (χ1) is 10.1. The Labute approximate surface area is 126 Å². The molecule has 2 unspecified atom stereocenters. The molecule has 3 rings (SSSR count). The maximum Gasteiger partial charge on any atom is 0.244 e. The zero-order chi connectivity index (χ0) is 15.0. The Morgan fingerprint density at radius 1 is 1.24 bits per heavy atom. The fourth-order valence-electron chi connectivity index (χ4n) is 3.98. The molecule has 0 spiro atoms. The SMILES string of the molecule is Cc1cc(C)n(CC(=O)N2CCCC2C2CCCN2C)n1. The lowest BCUT2D eigenvalue weighted by Gasteiger charge is -2.33. The van der Waals surface area contributed by atoms with Crippen LogP contribution < -0.4 is 0 Å². The third-order valence-electron chi connectivity index (χ3n) is 5.03. The van der Waals surface area contributed by atoms with Crippen molar-refractivity contribution < 1.29 is 4.79 Å². The molecule has 3 heterocycles. The summed E-state index contributed by atoms with van der Waals surface area (Å²) in [7, 11) is 2.19. The molecular weight excluding hydrogens is 264 g/mol. The number of aromatic nitrogens is 2. The van der Waals surface area contributed by atoms with Gasteiger partial charge in [0.2, 0.25) is 5.91 Å². The fourth-order valence-corrected chi connectivity index (χ4v) is 3.98. The molecule has 2 saturated heterocycles. The molecule has 5 heteroatoms. The van der Waals surface area contributed by atoms with Crippen LogP contribution in [-0.2, 0) is 11.3 Å². The summed E-state index contributed by atoms with van der Waals surface area (Å²) in [5, 5.41) is 4.42. The number of likely N-dealkylation sites (tertiary alicyclic amines) is 2. The van der Waals surface area contributed by atoms with E-state index in [1.54, 1.807) is 0 Å². The second-order valence-electron chi connectivity index (χ2n) is 6.57. The number of hydrogen-bond donors (Lipinski definition) is 0. The van der Waals surface area contributed by atoms with Crippen molar-refractivity contribution in [3.05, 3.63) is 17.5 Å². The summed E-state index contributed by atoms with van der Waals surface area (Å²) in [6.07, 6.45) is 4.78. The molecule has 0 aliphatic carbocycles. The van der Waals surface area contributed by atoms with Gasteiger partial charge in [0, 0.05) is 24.3 Å². The minimum absolute atomic E-state index is 0.226. The lowest BCUT2D eigenvalue weighted by Crippen LogP contribution is -2.48. The molecule has 0 radical (unpaired) electrons. The molecule has 2 atom stereocenters. The van der Waals surface area contributed by atoms with Crippen LogP contribution in [0.25, 0.3) is 0 Å². The summed E-state index contributed by atoms with van der Waals surface area (Å²) in [4.78, 5) is 17.2. The van der Waals surface area contributed by atoms with Gasteiger partial charge < -0.3 is 9.80 Å². The molecule has 5 nitrogen and oxygen atoms in total. The predicted molar refractivity (Wildman–Crippen MR) is 82.1 cm³/mol. The van der Waals surface area contributed by atoms with Crippen LogP contribution >= 0.6 is 0 Å². The lowest BCUT2D eigenvalue weighted by molar-refractivity contribution is -0.133. The van der Waals surface area contributed by atoms with Gasteiger partial charge >= 0.3 is 0 Å². The number of aryl methyl sites for hydroxylation is 2. The minimum atomic E-state index is 0.226. The molecule has 2 aliphatic heterocycles. The monoisotopic (exact) mass is 290 g/mol. The van der Waals surface area contributed by atoms with Crippen LogP contribution in [0.15, 0.2) is 6.07 Å². The molecule has 116 valence electrons. The van der Waals surface area contributed by atoms with E-state index >= 15 is 0 Å². The van der Waals surface area contributed by atoms with E-state index in [-0.39, 0.29) is 5.91 Å². The maximum absolute atomic E-state index is 12.7. The molecule has 2 aliphatic rings. The van der Waals surface area contributed by atoms with Gasteiger partial charge in [0.25, 0.3) is 0 Å². The van der Waals surface area contributed by atoms with Gasteiger partial charge in [-0.15, -0.1) is 0 Å². The van der Waals surface area contributed by atoms with Crippen LogP contribution in [-0.4, -0.2) is 57.7 Å². The first-order valence-electron chi connectivity index (χ1n) is 8.07. The number of likely N-dealkylation sites (N-methyl/N-ethyl adjacent to an activating group) is 1. The van der Waals surface area contributed by atoms with Crippen LogP contribution in [0, 0.1) is 13.8 Å². The Hall–Kier alpha value is -1.36. The van der Waals surface area contributed by atoms with Crippen molar-refractivity contribution >= 4 is 5.91 Å². The van der Waals surface area contributed by atoms with Crippen molar-refractivity contribution in [1.29, 1.82) is 0 Å². The van der Waals surface area contributed by atoms with E-state index in [0.717, 1.165) is 30.8 Å². The van der Waals surface area contributed by atoms with Crippen LogP contribution in [0.1, 0.15) is 37.1 Å². The zero-order valence-corrected chi connectivity index (χ0v) is 13.4. The molecule has 1 amide bonds. The fraction of sp³-hybridized carbons (Fsp3) is 0.750. The maximum atomic E-state index is 12.7. The summed E-state index contributed by atoms with van der Waals surface area (Å²) >= 11 is 0. The molecule has 0 N–H and O–H groups in total. The third-order valence-corrected chi connectivity index (χ3v) is 5.03. The van der Waals surface area contributed by atoms with E-state index in [4.69, 9.17) is 0 Å². The van der Waals surface area contributed by atoms with Crippen molar-refractivity contribution in [1.82, 2.24) is 19.6 Å². The first kappa shape index (κ1) is 14.6. The Kier molecular flexibility index (Phi) is 4.02. The summed E-state index contributed by atoms with van der Waals surface area (Å²) < 4.78 is 1.84. The summed E-state index contributed by atoms with van der Waals surface area (Å²) in [5.41, 5.74) is 2.04. The molecule has 2 fully saturated rings. The van der Waals surface area contributed by atoms with Gasteiger partial charge in [-0.05, 0) is 59.2 Å². The molecule has 0 saturated carbocycles. The highest BCUT2D eigenvalue weighted by Gasteiger charge is 2.38. The van der Waals surface area contributed by atoms with Crippen molar-refractivity contribution in [2.45, 2.75) is 58.2 Å². The molecule has 1 aromatic heterocycles. The minimum Gasteiger partial charge on any atom is -0.337 e. The molecule has 0 aromatic carbocycles. The number of carbonyl (C=O) groups excluding carboxylic acids is 1. The van der Waals surface area contributed by atoms with E-state index in [2.05, 4.69) is 21.9 Å². The Morgan fingerprint density at radius 2 is 1.95 bits per heavy atom. The van der Waals surface area contributed by atoms with E-state index in [1.165, 1.54) is 19.4 Å². The third kappa shape index (κ3) is 2.84. The van der Waals surface area contributed by atoms with Gasteiger partial charge in [-0.25, -0.2) is 0 Å². The van der Waals surface area contributed by atoms with Gasteiger partial charge in [-0.2, -0.15) is 5.10 Å². The van der Waals surface area contributed by atoms with Gasteiger partial charge in [-0.1, -0.05) is 0 Å². The van der Waals surface area contributed by atoms with E-state index in [1.807, 2.05) is 24.6 Å². The van der Waals surface area contributed by atoms with Gasteiger partial charge in [0.05, 0.1) is 5.69 Å². The van der Waals surface area contributed by atoms with Gasteiger partial charge in [0.1, 0.15) is 6.54 Å². The summed E-state index contributed by atoms with van der Waals surface area (Å²) in [6, 6.07) is 2.98. The first-order valence-corrected chi connectivity index (χ1v) is 8.07. The zero-order valence-electron chi connectivity index (χ0n) is 13.4. The van der Waals surface area contributed by atoms with Crippen molar-refractivity contribution in [3.8, 4) is 0 Å². The van der Waals surface area contributed by atoms with Crippen LogP contribution in [0.5, 0.6) is 0 Å². The average molecular weight is 290 g/mol. The molecular formula is C16H26N4O. The second-order valence-corrected chi connectivity index (χ2v) is 6.57. The standard InChI is InChI=1S/C16H26N4O/c1-12-10-13(2)20(17-12)11-16(21)19-9-5-7-15(19)14-6-4-8-18(14)3/h10,14-15H,4-9,11H2,1-3H3.